The Kier molecular flexibility index (Phi) is 3.14. The van der Waals surface area contributed by atoms with E-state index in [-0.39, 0.29) is 0 Å². The van der Waals surface area contributed by atoms with Gasteiger partial charge in [0.25, 0.3) is 0 Å². The zero-order valence-electron chi connectivity index (χ0n) is 9.41. The third kappa shape index (κ3) is 1.69. The minimum atomic E-state index is 1.27. The normalized spacial score (nSPS) is 19.1. The average Bonchev–Trinajstić information content (AvgIpc) is 2.36. The van der Waals surface area contributed by atoms with E-state index in [0.29, 0.717) is 0 Å². The fourth-order valence-corrected chi connectivity index (χ4v) is 4.89. The minimum absolute atomic E-state index is 1.27. The van der Waals surface area contributed by atoms with Crippen molar-refractivity contribution in [3.63, 3.8) is 0 Å². The summed E-state index contributed by atoms with van der Waals surface area (Å²) in [5.41, 5.74) is 6.38. The Morgan fingerprint density at radius 3 is 1.00 bits per heavy atom. The predicted octanol–water partition coefficient (Wildman–Crippen LogP) is 4.97. The highest BCUT2D eigenvalue weighted by Gasteiger charge is 2.24. The molecule has 0 fully saturated rings. The van der Waals surface area contributed by atoms with Crippen LogP contribution in [0.4, 0.5) is 0 Å². The summed E-state index contributed by atoms with van der Waals surface area (Å²) in [5, 5.41) is 0. The summed E-state index contributed by atoms with van der Waals surface area (Å²) in [6.45, 7) is 0. The van der Waals surface area contributed by atoms with Gasteiger partial charge in [0.05, 0.1) is 0 Å². The number of hydrogen-bond acceptors (Lipinski definition) is 0. The van der Waals surface area contributed by atoms with E-state index >= 15 is 0 Å². The highest BCUT2D eigenvalue weighted by atomic mass is 79.9. The van der Waals surface area contributed by atoms with Crippen LogP contribution < -0.4 is 0 Å². The highest BCUT2D eigenvalue weighted by molar-refractivity contribution is 9.11. The summed E-state index contributed by atoms with van der Waals surface area (Å²) in [7, 11) is 0. The van der Waals surface area contributed by atoms with Crippen LogP contribution >= 0.6 is 31.9 Å². The van der Waals surface area contributed by atoms with Crippen molar-refractivity contribution >= 4 is 31.9 Å². The molecule has 0 bridgehead atoms. The maximum absolute atomic E-state index is 3.87. The van der Waals surface area contributed by atoms with Crippen LogP contribution in [0.5, 0.6) is 0 Å². The maximum atomic E-state index is 3.87. The maximum Gasteiger partial charge on any atom is 0.0245 e. The lowest BCUT2D eigenvalue weighted by atomic mass is 9.83. The summed E-state index contributed by atoms with van der Waals surface area (Å²) in [4.78, 5) is 0. The third-order valence-corrected chi connectivity index (χ3v) is 5.91. The SMILES string of the molecule is Brc1c2c(c(Br)c3c1CCCC3)CCCC2. The Morgan fingerprint density at radius 2 is 0.750 bits per heavy atom. The van der Waals surface area contributed by atoms with E-state index in [4.69, 9.17) is 0 Å². The topological polar surface area (TPSA) is 0 Å². The molecule has 0 amide bonds. The van der Waals surface area contributed by atoms with E-state index < -0.39 is 0 Å². The van der Waals surface area contributed by atoms with E-state index in [1.165, 1.54) is 60.3 Å². The predicted molar refractivity (Wildman–Crippen MR) is 75.1 cm³/mol. The molecule has 2 heteroatoms. The number of fused-ring (bicyclic) bond motifs is 2. The second kappa shape index (κ2) is 4.45. The standard InChI is InChI=1S/C14H16Br2/c15-13-9-5-1-2-6-10(9)14(16)12-8-4-3-7-11(12)13/h1-8H2. The molecule has 0 unspecified atom stereocenters. The molecule has 0 heterocycles. The van der Waals surface area contributed by atoms with Crippen molar-refractivity contribution in [1.29, 1.82) is 0 Å². The lowest BCUT2D eigenvalue weighted by Gasteiger charge is -2.27. The monoisotopic (exact) mass is 342 g/mol. The number of halogens is 2. The molecule has 0 N–H and O–H groups in total. The average molecular weight is 344 g/mol. The lowest BCUT2D eigenvalue weighted by Crippen LogP contribution is -2.13. The van der Waals surface area contributed by atoms with Crippen molar-refractivity contribution in [2.45, 2.75) is 51.4 Å². The second-order valence-corrected chi connectivity index (χ2v) is 6.54. The highest BCUT2D eigenvalue weighted by Crippen LogP contribution is 2.42. The first-order chi connectivity index (χ1) is 7.79. The van der Waals surface area contributed by atoms with E-state index in [1.54, 1.807) is 22.3 Å². The van der Waals surface area contributed by atoms with Gasteiger partial charge in [-0.3, -0.25) is 0 Å². The molecule has 0 nitrogen and oxygen atoms in total. The summed E-state index contributed by atoms with van der Waals surface area (Å²) >= 11 is 7.73. The Hall–Kier alpha value is 0.180. The van der Waals surface area contributed by atoms with Crippen molar-refractivity contribution in [2.75, 3.05) is 0 Å². The molecule has 1 aromatic rings. The molecule has 86 valence electrons. The molecule has 2 aliphatic carbocycles. The van der Waals surface area contributed by atoms with Crippen LogP contribution in [0.2, 0.25) is 0 Å². The quantitative estimate of drug-likeness (QED) is 0.624. The fourth-order valence-electron chi connectivity index (χ4n) is 3.14. The van der Waals surface area contributed by atoms with Gasteiger partial charge in [-0.2, -0.15) is 0 Å². The first kappa shape index (κ1) is 11.3. The van der Waals surface area contributed by atoms with Crippen LogP contribution in [-0.2, 0) is 25.7 Å². The van der Waals surface area contributed by atoms with Gasteiger partial charge in [0.15, 0.2) is 0 Å². The molecule has 0 radical (unpaired) electrons. The van der Waals surface area contributed by atoms with Gasteiger partial charge in [-0.1, -0.05) is 31.9 Å². The summed E-state index contributed by atoms with van der Waals surface area (Å²) in [6.07, 6.45) is 10.5. The van der Waals surface area contributed by atoms with Gasteiger partial charge in [0.1, 0.15) is 0 Å². The molecule has 0 spiro atoms. The number of hydrogen-bond donors (Lipinski definition) is 0. The number of benzene rings is 1. The Bertz CT molecular complexity index is 357. The van der Waals surface area contributed by atoms with Gasteiger partial charge in [-0.25, -0.2) is 0 Å². The van der Waals surface area contributed by atoms with E-state index in [2.05, 4.69) is 31.9 Å². The third-order valence-electron chi connectivity index (χ3n) is 4.00. The summed E-state index contributed by atoms with van der Waals surface area (Å²) in [5.74, 6) is 0. The van der Waals surface area contributed by atoms with Crippen LogP contribution in [0.3, 0.4) is 0 Å². The molecule has 3 rings (SSSR count). The van der Waals surface area contributed by atoms with Crippen LogP contribution in [0.15, 0.2) is 8.95 Å². The number of rotatable bonds is 0. The van der Waals surface area contributed by atoms with Crippen molar-refractivity contribution < 1.29 is 0 Å². The molecule has 0 saturated heterocycles. The molecule has 2 aliphatic rings. The zero-order valence-corrected chi connectivity index (χ0v) is 12.6. The molecule has 16 heavy (non-hydrogen) atoms. The smallest absolute Gasteiger partial charge is 0.0245 e. The van der Waals surface area contributed by atoms with Crippen LogP contribution in [-0.4, -0.2) is 0 Å². The Balaban J connectivity index is 2.24. The zero-order chi connectivity index (χ0) is 11.1. The molecule has 0 atom stereocenters. The summed E-state index contributed by atoms with van der Waals surface area (Å²) in [6, 6.07) is 0. The lowest BCUT2D eigenvalue weighted by molar-refractivity contribution is 0.649. The first-order valence-electron chi connectivity index (χ1n) is 6.29. The molecule has 0 saturated carbocycles. The van der Waals surface area contributed by atoms with E-state index in [1.807, 2.05) is 0 Å². The Morgan fingerprint density at radius 1 is 0.500 bits per heavy atom. The second-order valence-electron chi connectivity index (χ2n) is 4.96. The van der Waals surface area contributed by atoms with E-state index in [0.717, 1.165) is 0 Å². The van der Waals surface area contributed by atoms with Crippen LogP contribution in [0.1, 0.15) is 47.9 Å². The molecule has 0 aromatic heterocycles. The van der Waals surface area contributed by atoms with Gasteiger partial charge in [0.2, 0.25) is 0 Å². The Labute approximate surface area is 114 Å². The molecule has 0 aliphatic heterocycles. The van der Waals surface area contributed by atoms with Gasteiger partial charge < -0.3 is 0 Å². The van der Waals surface area contributed by atoms with Crippen LogP contribution in [0, 0.1) is 0 Å². The first-order valence-corrected chi connectivity index (χ1v) is 7.88. The van der Waals surface area contributed by atoms with Crippen LogP contribution in [0.25, 0.3) is 0 Å². The molecular formula is C14H16Br2. The van der Waals surface area contributed by atoms with Crippen molar-refractivity contribution in [1.82, 2.24) is 0 Å². The molecule has 1 aromatic carbocycles. The summed E-state index contributed by atoms with van der Waals surface area (Å²) < 4.78 is 2.89. The van der Waals surface area contributed by atoms with Crippen molar-refractivity contribution in [3.8, 4) is 0 Å². The van der Waals surface area contributed by atoms with Gasteiger partial charge in [-0.05, 0) is 73.6 Å². The van der Waals surface area contributed by atoms with Crippen molar-refractivity contribution in [2.24, 2.45) is 0 Å². The molecular weight excluding hydrogens is 328 g/mol. The minimum Gasteiger partial charge on any atom is -0.0502 e. The van der Waals surface area contributed by atoms with Crippen molar-refractivity contribution in [3.05, 3.63) is 31.2 Å². The van der Waals surface area contributed by atoms with Gasteiger partial charge in [0, 0.05) is 8.95 Å². The largest absolute Gasteiger partial charge is 0.0502 e. The van der Waals surface area contributed by atoms with Gasteiger partial charge in [-0.15, -0.1) is 0 Å². The van der Waals surface area contributed by atoms with E-state index in [9.17, 15) is 0 Å². The fraction of sp³-hybridized carbons (Fsp3) is 0.571. The van der Waals surface area contributed by atoms with Gasteiger partial charge >= 0.3 is 0 Å².